The molecule has 25 heavy (non-hydrogen) atoms. The molecule has 0 unspecified atom stereocenters. The van der Waals surface area contributed by atoms with Gasteiger partial charge in [0.25, 0.3) is 11.5 Å². The summed E-state index contributed by atoms with van der Waals surface area (Å²) in [7, 11) is 0. The van der Waals surface area contributed by atoms with Crippen LogP contribution < -0.4 is 5.56 Å². The van der Waals surface area contributed by atoms with Crippen molar-refractivity contribution in [1.29, 1.82) is 0 Å². The molecule has 2 aromatic heterocycles. The van der Waals surface area contributed by atoms with Gasteiger partial charge in [-0.3, -0.25) is 9.59 Å². The van der Waals surface area contributed by atoms with Gasteiger partial charge in [-0.2, -0.15) is 0 Å². The van der Waals surface area contributed by atoms with E-state index < -0.39 is 0 Å². The molecule has 3 heterocycles. The molecule has 1 fully saturated rings. The van der Waals surface area contributed by atoms with E-state index in [1.807, 2.05) is 37.3 Å². The molecule has 6 nitrogen and oxygen atoms in total. The number of pyridine rings is 1. The highest BCUT2D eigenvalue weighted by Gasteiger charge is 2.33. The minimum Gasteiger partial charge on any atom is -0.370 e. The van der Waals surface area contributed by atoms with E-state index >= 15 is 0 Å². The number of nitrogens with zero attached hydrogens (tertiary/aromatic N) is 1. The van der Waals surface area contributed by atoms with Gasteiger partial charge in [-0.25, -0.2) is 0 Å². The predicted molar refractivity (Wildman–Crippen MR) is 94.6 cm³/mol. The molecular formula is C19H19N3O3. The molecule has 0 saturated carbocycles. The number of amides is 1. The maximum Gasteiger partial charge on any atom is 0.258 e. The molecule has 0 spiro atoms. The second-order valence-corrected chi connectivity index (χ2v) is 6.38. The predicted octanol–water partition coefficient (Wildman–Crippen LogP) is 2.21. The van der Waals surface area contributed by atoms with Gasteiger partial charge in [-0.05, 0) is 18.1 Å². The molecule has 1 amide bonds. The lowest BCUT2D eigenvalue weighted by molar-refractivity contribution is -0.0502. The van der Waals surface area contributed by atoms with Gasteiger partial charge < -0.3 is 19.6 Å². The number of aromatic amines is 2. The minimum absolute atomic E-state index is 0.0365. The molecule has 1 aliphatic rings. The van der Waals surface area contributed by atoms with Crippen LogP contribution in [0.5, 0.6) is 0 Å². The summed E-state index contributed by atoms with van der Waals surface area (Å²) in [5.74, 6) is -0.137. The smallest absolute Gasteiger partial charge is 0.258 e. The summed E-state index contributed by atoms with van der Waals surface area (Å²) in [6.45, 7) is 3.52. The quantitative estimate of drug-likeness (QED) is 0.766. The summed E-state index contributed by atoms with van der Waals surface area (Å²) < 4.78 is 5.82. The second kappa shape index (κ2) is 6.22. The molecule has 2 N–H and O–H groups in total. The Morgan fingerprint density at radius 3 is 2.72 bits per heavy atom. The van der Waals surface area contributed by atoms with Gasteiger partial charge in [-0.1, -0.05) is 30.3 Å². The number of aromatic nitrogens is 2. The first kappa shape index (κ1) is 15.7. The fourth-order valence-electron chi connectivity index (χ4n) is 3.13. The number of ether oxygens (including phenoxy) is 1. The Morgan fingerprint density at radius 1 is 1.20 bits per heavy atom. The van der Waals surface area contributed by atoms with Gasteiger partial charge >= 0.3 is 0 Å². The van der Waals surface area contributed by atoms with Gasteiger partial charge in [0.2, 0.25) is 0 Å². The summed E-state index contributed by atoms with van der Waals surface area (Å²) in [6, 6.07) is 9.96. The Kier molecular flexibility index (Phi) is 3.89. The molecule has 0 bridgehead atoms. The lowest BCUT2D eigenvalue weighted by atomic mass is 10.1. The number of nitrogens with one attached hydrogen (secondary N) is 2. The van der Waals surface area contributed by atoms with E-state index in [-0.39, 0.29) is 17.6 Å². The third-order valence-electron chi connectivity index (χ3n) is 4.62. The summed E-state index contributed by atoms with van der Waals surface area (Å²) in [5.41, 5.74) is 2.90. The molecular weight excluding hydrogens is 318 g/mol. The first-order valence-corrected chi connectivity index (χ1v) is 8.27. The van der Waals surface area contributed by atoms with Gasteiger partial charge in [0, 0.05) is 25.5 Å². The van der Waals surface area contributed by atoms with Gasteiger partial charge in [0.1, 0.15) is 0 Å². The number of carbonyl (C=O) groups excluding carboxylic acids is 1. The van der Waals surface area contributed by atoms with Crippen LogP contribution in [0.15, 0.2) is 47.5 Å². The van der Waals surface area contributed by atoms with E-state index in [1.165, 1.54) is 0 Å². The van der Waals surface area contributed by atoms with Crippen molar-refractivity contribution in [1.82, 2.24) is 14.9 Å². The molecule has 3 aromatic rings. The van der Waals surface area contributed by atoms with Crippen molar-refractivity contribution in [2.75, 3.05) is 13.1 Å². The van der Waals surface area contributed by atoms with Crippen molar-refractivity contribution >= 4 is 16.8 Å². The highest BCUT2D eigenvalue weighted by atomic mass is 16.5. The summed E-state index contributed by atoms with van der Waals surface area (Å²) in [5, 5.41) is 0.429. The zero-order valence-corrected chi connectivity index (χ0v) is 13.9. The van der Waals surface area contributed by atoms with E-state index in [0.29, 0.717) is 36.2 Å². The van der Waals surface area contributed by atoms with Crippen LogP contribution in [0.2, 0.25) is 0 Å². The average molecular weight is 337 g/mol. The number of benzene rings is 1. The summed E-state index contributed by atoms with van der Waals surface area (Å²) in [4.78, 5) is 32.2. The standard InChI is InChI=1S/C19H19N3O3/c1-12-7-21-18(23)16-15(8-20-17(12)16)19(24)22-9-14(10-22)25-11-13-5-3-2-4-6-13/h2-8,14,20H,9-11H2,1H3,(H,21,23). The zero-order chi connectivity index (χ0) is 17.4. The zero-order valence-electron chi connectivity index (χ0n) is 13.9. The Morgan fingerprint density at radius 2 is 1.96 bits per heavy atom. The largest absolute Gasteiger partial charge is 0.370 e. The number of carbonyl (C=O) groups is 1. The number of aryl methyl sites for hydroxylation is 1. The Balaban J connectivity index is 1.42. The molecule has 1 aliphatic heterocycles. The number of hydrogen-bond donors (Lipinski definition) is 2. The van der Waals surface area contributed by atoms with Crippen LogP contribution in [0.4, 0.5) is 0 Å². The SMILES string of the molecule is Cc1c[nH]c(=O)c2c(C(=O)N3CC(OCc4ccccc4)C3)c[nH]c12. The Hall–Kier alpha value is -2.86. The van der Waals surface area contributed by atoms with Gasteiger partial charge in [0.15, 0.2) is 0 Å². The van der Waals surface area contributed by atoms with Crippen molar-refractivity contribution in [3.63, 3.8) is 0 Å². The highest BCUT2D eigenvalue weighted by Crippen LogP contribution is 2.22. The lowest BCUT2D eigenvalue weighted by Gasteiger charge is -2.38. The second-order valence-electron chi connectivity index (χ2n) is 6.38. The van der Waals surface area contributed by atoms with E-state index in [1.54, 1.807) is 17.3 Å². The number of likely N-dealkylation sites (tertiary alicyclic amines) is 1. The monoisotopic (exact) mass is 337 g/mol. The normalized spacial score (nSPS) is 14.7. The first-order valence-electron chi connectivity index (χ1n) is 8.27. The van der Waals surface area contributed by atoms with Crippen LogP contribution >= 0.6 is 0 Å². The maximum atomic E-state index is 12.7. The van der Waals surface area contributed by atoms with Crippen molar-refractivity contribution in [2.24, 2.45) is 0 Å². The number of hydrogen-bond acceptors (Lipinski definition) is 3. The van der Waals surface area contributed by atoms with Gasteiger partial charge in [-0.15, -0.1) is 0 Å². The molecule has 128 valence electrons. The van der Waals surface area contributed by atoms with E-state index in [0.717, 1.165) is 11.1 Å². The van der Waals surface area contributed by atoms with Crippen LogP contribution in [0.25, 0.3) is 10.9 Å². The van der Waals surface area contributed by atoms with Crippen LogP contribution in [0.1, 0.15) is 21.5 Å². The highest BCUT2D eigenvalue weighted by molar-refractivity contribution is 6.07. The molecule has 0 radical (unpaired) electrons. The summed E-state index contributed by atoms with van der Waals surface area (Å²) >= 11 is 0. The fraction of sp³-hybridized carbons (Fsp3) is 0.263. The van der Waals surface area contributed by atoms with E-state index in [4.69, 9.17) is 4.74 Å². The number of rotatable bonds is 4. The third kappa shape index (κ3) is 2.85. The van der Waals surface area contributed by atoms with Crippen LogP contribution in [0, 0.1) is 6.92 Å². The van der Waals surface area contributed by atoms with Crippen LogP contribution in [-0.4, -0.2) is 40.0 Å². The Bertz CT molecular complexity index is 968. The average Bonchev–Trinajstić information content (AvgIpc) is 3.04. The van der Waals surface area contributed by atoms with Crippen molar-refractivity contribution in [3.05, 3.63) is 69.8 Å². The van der Waals surface area contributed by atoms with E-state index in [9.17, 15) is 9.59 Å². The molecule has 6 heteroatoms. The third-order valence-corrected chi connectivity index (χ3v) is 4.62. The molecule has 1 saturated heterocycles. The number of fused-ring (bicyclic) bond motifs is 1. The van der Waals surface area contributed by atoms with Crippen LogP contribution in [0.3, 0.4) is 0 Å². The van der Waals surface area contributed by atoms with Crippen molar-refractivity contribution in [3.8, 4) is 0 Å². The van der Waals surface area contributed by atoms with Crippen LogP contribution in [-0.2, 0) is 11.3 Å². The first-order chi connectivity index (χ1) is 12.1. The summed E-state index contributed by atoms with van der Waals surface area (Å²) in [6.07, 6.45) is 3.30. The van der Waals surface area contributed by atoms with Crippen molar-refractivity contribution < 1.29 is 9.53 Å². The fourth-order valence-corrected chi connectivity index (χ4v) is 3.13. The molecule has 4 rings (SSSR count). The molecule has 1 aromatic carbocycles. The molecule has 0 atom stereocenters. The maximum absolute atomic E-state index is 12.7. The number of H-pyrrole nitrogens is 2. The topological polar surface area (TPSA) is 78.2 Å². The van der Waals surface area contributed by atoms with Gasteiger partial charge in [0.05, 0.1) is 29.2 Å². The molecule has 0 aliphatic carbocycles. The van der Waals surface area contributed by atoms with Crippen molar-refractivity contribution in [2.45, 2.75) is 19.6 Å². The minimum atomic E-state index is -0.248. The van der Waals surface area contributed by atoms with E-state index in [2.05, 4.69) is 9.97 Å². The Labute approximate surface area is 144 Å². The lowest BCUT2D eigenvalue weighted by Crippen LogP contribution is -2.54.